The highest BCUT2D eigenvalue weighted by molar-refractivity contribution is 7.14. The van der Waals surface area contributed by atoms with E-state index in [0.29, 0.717) is 16.1 Å². The van der Waals surface area contributed by atoms with Crippen molar-refractivity contribution >= 4 is 28.9 Å². The number of rotatable bonds is 7. The van der Waals surface area contributed by atoms with E-state index in [1.165, 1.54) is 11.3 Å². The summed E-state index contributed by atoms with van der Waals surface area (Å²) in [5, 5.41) is 4.59. The Kier molecular flexibility index (Phi) is 6.75. The third-order valence-corrected chi connectivity index (χ3v) is 5.98. The van der Waals surface area contributed by atoms with Gasteiger partial charge in [0.2, 0.25) is 5.91 Å². The second-order valence-corrected chi connectivity index (χ2v) is 8.66. The number of para-hydroxylation sites is 1. The first-order valence-corrected chi connectivity index (χ1v) is 11.2. The van der Waals surface area contributed by atoms with Gasteiger partial charge < -0.3 is 0 Å². The first kappa shape index (κ1) is 22.2. The number of aromatic nitrogens is 2. The maximum absolute atomic E-state index is 12.9. The van der Waals surface area contributed by atoms with E-state index in [-0.39, 0.29) is 18.6 Å². The highest BCUT2D eigenvalue weighted by atomic mass is 32.1. The predicted octanol–water partition coefficient (Wildman–Crippen LogP) is 4.33. The number of hydrogen-bond donors (Lipinski definition) is 2. The standard InChI is InChI=1S/C25H22N4O3S/c1-17-12-14-22(33-17)21(30)13-15-23(31)26-27-25(32)20-16-29(19-10-6-3-7-11-19)28-24(20)18-8-4-2-5-9-18/h2-12,14,16H,13,15H2,1H3,(H,26,31)(H,27,32). The van der Waals surface area contributed by atoms with Gasteiger partial charge in [-0.3, -0.25) is 25.2 Å². The summed E-state index contributed by atoms with van der Waals surface area (Å²) in [5.74, 6) is -1.03. The molecular weight excluding hydrogens is 436 g/mol. The van der Waals surface area contributed by atoms with E-state index >= 15 is 0 Å². The number of hydrogen-bond acceptors (Lipinski definition) is 5. The Balaban J connectivity index is 1.44. The van der Waals surface area contributed by atoms with Crippen LogP contribution in [0.25, 0.3) is 16.9 Å². The number of amides is 2. The van der Waals surface area contributed by atoms with E-state index in [9.17, 15) is 14.4 Å². The fourth-order valence-corrected chi connectivity index (χ4v) is 4.09. The zero-order valence-electron chi connectivity index (χ0n) is 17.9. The number of aryl methyl sites for hydroxylation is 1. The number of Topliss-reactive ketones (excluding diaryl/α,β-unsaturated/α-hetero) is 1. The van der Waals surface area contributed by atoms with Crippen molar-refractivity contribution in [3.8, 4) is 16.9 Å². The summed E-state index contributed by atoms with van der Waals surface area (Å²) in [6, 6.07) is 22.4. The van der Waals surface area contributed by atoms with Gasteiger partial charge in [-0.1, -0.05) is 48.5 Å². The lowest BCUT2D eigenvalue weighted by Gasteiger charge is -2.07. The second kappa shape index (κ2) is 10.1. The summed E-state index contributed by atoms with van der Waals surface area (Å²) < 4.78 is 1.63. The topological polar surface area (TPSA) is 93.1 Å². The number of benzene rings is 2. The molecule has 0 radical (unpaired) electrons. The maximum atomic E-state index is 12.9. The molecule has 4 rings (SSSR count). The van der Waals surface area contributed by atoms with Crippen molar-refractivity contribution in [2.45, 2.75) is 19.8 Å². The van der Waals surface area contributed by atoms with Gasteiger partial charge in [0.05, 0.1) is 16.1 Å². The molecule has 2 aromatic carbocycles. The lowest BCUT2D eigenvalue weighted by atomic mass is 10.1. The van der Waals surface area contributed by atoms with Crippen LogP contribution in [0.15, 0.2) is 79.0 Å². The highest BCUT2D eigenvalue weighted by Crippen LogP contribution is 2.23. The molecule has 2 aromatic heterocycles. The molecule has 4 aromatic rings. The molecule has 2 heterocycles. The molecule has 0 aliphatic heterocycles. The minimum atomic E-state index is -0.496. The molecule has 0 fully saturated rings. The Morgan fingerprint density at radius 2 is 1.58 bits per heavy atom. The molecule has 0 saturated carbocycles. The summed E-state index contributed by atoms with van der Waals surface area (Å²) in [6.45, 7) is 1.92. The maximum Gasteiger partial charge on any atom is 0.273 e. The quantitative estimate of drug-likeness (QED) is 0.318. The zero-order valence-corrected chi connectivity index (χ0v) is 18.8. The number of carbonyl (C=O) groups is 3. The predicted molar refractivity (Wildman–Crippen MR) is 127 cm³/mol. The lowest BCUT2D eigenvalue weighted by molar-refractivity contribution is -0.121. The Morgan fingerprint density at radius 1 is 0.879 bits per heavy atom. The third-order valence-electron chi connectivity index (χ3n) is 4.94. The number of carbonyl (C=O) groups excluding carboxylic acids is 3. The van der Waals surface area contributed by atoms with Crippen molar-refractivity contribution < 1.29 is 14.4 Å². The van der Waals surface area contributed by atoms with Crippen molar-refractivity contribution in [1.29, 1.82) is 0 Å². The Labute approximate surface area is 195 Å². The van der Waals surface area contributed by atoms with Crippen LogP contribution in [-0.2, 0) is 4.79 Å². The van der Waals surface area contributed by atoms with Gasteiger partial charge in [-0.15, -0.1) is 11.3 Å². The highest BCUT2D eigenvalue weighted by Gasteiger charge is 2.19. The molecule has 2 amide bonds. The molecule has 166 valence electrons. The fraction of sp³-hybridized carbons (Fsp3) is 0.120. The molecular formula is C25H22N4O3S. The summed E-state index contributed by atoms with van der Waals surface area (Å²) in [6.07, 6.45) is 1.68. The van der Waals surface area contributed by atoms with Crippen LogP contribution >= 0.6 is 11.3 Å². The van der Waals surface area contributed by atoms with Crippen molar-refractivity contribution in [2.75, 3.05) is 0 Å². The Bertz CT molecular complexity index is 1280. The fourth-order valence-electron chi connectivity index (χ4n) is 3.25. The number of nitrogens with one attached hydrogen (secondary N) is 2. The van der Waals surface area contributed by atoms with Crippen LogP contribution in [0.3, 0.4) is 0 Å². The smallest absolute Gasteiger partial charge is 0.273 e. The molecule has 0 saturated heterocycles. The molecule has 7 nitrogen and oxygen atoms in total. The lowest BCUT2D eigenvalue weighted by Crippen LogP contribution is -2.41. The van der Waals surface area contributed by atoms with Gasteiger partial charge in [-0.25, -0.2) is 4.68 Å². The second-order valence-electron chi connectivity index (χ2n) is 7.37. The van der Waals surface area contributed by atoms with E-state index in [2.05, 4.69) is 16.0 Å². The SMILES string of the molecule is Cc1ccc(C(=O)CCC(=O)NNC(=O)c2cn(-c3ccccc3)nc2-c2ccccc2)s1. The van der Waals surface area contributed by atoms with Gasteiger partial charge in [0.15, 0.2) is 5.78 Å². The van der Waals surface area contributed by atoms with Crippen LogP contribution < -0.4 is 10.9 Å². The molecule has 0 atom stereocenters. The molecule has 8 heteroatoms. The third kappa shape index (κ3) is 5.42. The van der Waals surface area contributed by atoms with Crippen molar-refractivity contribution in [3.63, 3.8) is 0 Å². The molecule has 33 heavy (non-hydrogen) atoms. The van der Waals surface area contributed by atoms with Gasteiger partial charge in [0, 0.05) is 29.5 Å². The number of ketones is 1. The largest absolute Gasteiger partial charge is 0.293 e. The minimum Gasteiger partial charge on any atom is -0.293 e. The first-order chi connectivity index (χ1) is 16.0. The van der Waals surface area contributed by atoms with Crippen LogP contribution in [0.2, 0.25) is 0 Å². The molecule has 0 spiro atoms. The van der Waals surface area contributed by atoms with Crippen molar-refractivity contribution in [1.82, 2.24) is 20.6 Å². The van der Waals surface area contributed by atoms with Gasteiger partial charge >= 0.3 is 0 Å². The van der Waals surface area contributed by atoms with Crippen LogP contribution in [-0.4, -0.2) is 27.4 Å². The Morgan fingerprint density at radius 3 is 2.24 bits per heavy atom. The van der Waals surface area contributed by atoms with E-state index in [1.54, 1.807) is 16.9 Å². The van der Waals surface area contributed by atoms with Gasteiger partial charge in [-0.05, 0) is 31.2 Å². The normalized spacial score (nSPS) is 10.6. The molecule has 0 bridgehead atoms. The number of nitrogens with zero attached hydrogens (tertiary/aromatic N) is 2. The van der Waals surface area contributed by atoms with Crippen LogP contribution in [0, 0.1) is 6.92 Å². The monoisotopic (exact) mass is 458 g/mol. The minimum absolute atomic E-state index is 0.0229. The summed E-state index contributed by atoms with van der Waals surface area (Å²) in [4.78, 5) is 39.0. The van der Waals surface area contributed by atoms with E-state index < -0.39 is 11.8 Å². The Hall–Kier alpha value is -4.04. The van der Waals surface area contributed by atoms with E-state index in [0.717, 1.165) is 16.1 Å². The van der Waals surface area contributed by atoms with Gasteiger partial charge in [-0.2, -0.15) is 5.10 Å². The molecule has 0 aliphatic rings. The van der Waals surface area contributed by atoms with Crippen LogP contribution in [0.1, 0.15) is 37.7 Å². The van der Waals surface area contributed by atoms with Crippen molar-refractivity contribution in [2.24, 2.45) is 0 Å². The van der Waals surface area contributed by atoms with Crippen molar-refractivity contribution in [3.05, 3.63) is 94.3 Å². The average Bonchev–Trinajstić information content (AvgIpc) is 3.49. The molecule has 0 aliphatic carbocycles. The summed E-state index contributed by atoms with van der Waals surface area (Å²) >= 11 is 1.40. The summed E-state index contributed by atoms with van der Waals surface area (Å²) in [7, 11) is 0. The van der Waals surface area contributed by atoms with E-state index in [4.69, 9.17) is 0 Å². The molecule has 2 N–H and O–H groups in total. The summed E-state index contributed by atoms with van der Waals surface area (Å²) in [5.41, 5.74) is 7.23. The van der Waals surface area contributed by atoms with Gasteiger partial charge in [0.1, 0.15) is 5.69 Å². The zero-order chi connectivity index (χ0) is 23.2. The van der Waals surface area contributed by atoms with Crippen LogP contribution in [0.5, 0.6) is 0 Å². The number of hydrazine groups is 1. The average molecular weight is 459 g/mol. The first-order valence-electron chi connectivity index (χ1n) is 10.4. The number of thiophene rings is 1. The van der Waals surface area contributed by atoms with Gasteiger partial charge in [0.25, 0.3) is 5.91 Å². The molecule has 0 unspecified atom stereocenters. The van der Waals surface area contributed by atoms with Crippen LogP contribution in [0.4, 0.5) is 0 Å². The van der Waals surface area contributed by atoms with E-state index in [1.807, 2.05) is 73.7 Å².